The van der Waals surface area contributed by atoms with E-state index in [-0.39, 0.29) is 0 Å². The van der Waals surface area contributed by atoms with Crippen LogP contribution in [0.5, 0.6) is 0 Å². The van der Waals surface area contributed by atoms with Gasteiger partial charge in [-0.25, -0.2) is 4.68 Å². The standard InChI is InChI=1S/C12H14BrN3/c1-7-6-10(14)4-5-11(7)16-9(3)12(13)8(2)15-16/h4-6H,14H2,1-3H3. The first-order chi connectivity index (χ1) is 7.50. The van der Waals surface area contributed by atoms with Gasteiger partial charge in [0.05, 0.1) is 21.5 Å². The van der Waals surface area contributed by atoms with Gasteiger partial charge in [-0.1, -0.05) is 0 Å². The van der Waals surface area contributed by atoms with Crippen LogP contribution in [0.25, 0.3) is 5.69 Å². The first-order valence-electron chi connectivity index (χ1n) is 5.09. The maximum atomic E-state index is 5.74. The van der Waals surface area contributed by atoms with Gasteiger partial charge in [0.1, 0.15) is 0 Å². The molecule has 1 aromatic carbocycles. The van der Waals surface area contributed by atoms with E-state index in [2.05, 4.69) is 21.0 Å². The lowest BCUT2D eigenvalue weighted by atomic mass is 10.2. The highest BCUT2D eigenvalue weighted by Crippen LogP contribution is 2.25. The second-order valence-corrected chi connectivity index (χ2v) is 4.74. The van der Waals surface area contributed by atoms with Crippen molar-refractivity contribution in [3.8, 4) is 5.69 Å². The summed E-state index contributed by atoms with van der Waals surface area (Å²) in [5.41, 5.74) is 10.8. The van der Waals surface area contributed by atoms with Crippen molar-refractivity contribution in [2.75, 3.05) is 5.73 Å². The molecule has 0 saturated heterocycles. The lowest BCUT2D eigenvalue weighted by Crippen LogP contribution is -2.02. The van der Waals surface area contributed by atoms with Gasteiger partial charge >= 0.3 is 0 Å². The molecule has 4 heteroatoms. The molecule has 0 saturated carbocycles. The van der Waals surface area contributed by atoms with Crippen molar-refractivity contribution >= 4 is 21.6 Å². The van der Waals surface area contributed by atoms with Crippen molar-refractivity contribution in [2.24, 2.45) is 0 Å². The first kappa shape index (κ1) is 11.2. The third-order valence-corrected chi connectivity index (χ3v) is 3.80. The Morgan fingerprint density at radius 2 is 1.94 bits per heavy atom. The topological polar surface area (TPSA) is 43.8 Å². The van der Waals surface area contributed by atoms with Crippen LogP contribution in [0.1, 0.15) is 17.0 Å². The SMILES string of the molecule is Cc1cc(N)ccc1-n1nc(C)c(Br)c1C. The molecule has 0 radical (unpaired) electrons. The van der Waals surface area contributed by atoms with Gasteiger partial charge in [0.25, 0.3) is 0 Å². The highest BCUT2D eigenvalue weighted by molar-refractivity contribution is 9.10. The van der Waals surface area contributed by atoms with Gasteiger partial charge in [0.15, 0.2) is 0 Å². The highest BCUT2D eigenvalue weighted by atomic mass is 79.9. The normalized spacial score (nSPS) is 10.8. The molecular formula is C12H14BrN3. The van der Waals surface area contributed by atoms with E-state index in [0.717, 1.165) is 32.8 Å². The Hall–Kier alpha value is -1.29. The molecular weight excluding hydrogens is 266 g/mol. The van der Waals surface area contributed by atoms with Crippen molar-refractivity contribution in [1.82, 2.24) is 9.78 Å². The number of rotatable bonds is 1. The van der Waals surface area contributed by atoms with Crippen molar-refractivity contribution in [2.45, 2.75) is 20.8 Å². The average Bonchev–Trinajstić information content (AvgIpc) is 2.46. The molecule has 3 nitrogen and oxygen atoms in total. The Balaban J connectivity index is 2.63. The van der Waals surface area contributed by atoms with Crippen LogP contribution in [0.15, 0.2) is 22.7 Å². The Labute approximate surface area is 103 Å². The van der Waals surface area contributed by atoms with Crippen molar-refractivity contribution in [3.05, 3.63) is 39.6 Å². The summed E-state index contributed by atoms with van der Waals surface area (Å²) in [5.74, 6) is 0. The molecule has 0 aliphatic rings. The maximum absolute atomic E-state index is 5.74. The van der Waals surface area contributed by atoms with Gasteiger partial charge in [-0.15, -0.1) is 0 Å². The lowest BCUT2D eigenvalue weighted by molar-refractivity contribution is 0.827. The van der Waals surface area contributed by atoms with E-state index in [1.807, 2.05) is 43.7 Å². The van der Waals surface area contributed by atoms with E-state index in [1.54, 1.807) is 0 Å². The number of nitrogens with zero attached hydrogens (tertiary/aromatic N) is 2. The monoisotopic (exact) mass is 279 g/mol. The van der Waals surface area contributed by atoms with Gasteiger partial charge in [-0.05, 0) is 60.5 Å². The molecule has 1 heterocycles. The fourth-order valence-corrected chi connectivity index (χ4v) is 2.02. The molecule has 0 aliphatic carbocycles. The molecule has 16 heavy (non-hydrogen) atoms. The van der Waals surface area contributed by atoms with Crippen LogP contribution >= 0.6 is 15.9 Å². The molecule has 2 N–H and O–H groups in total. The van der Waals surface area contributed by atoms with E-state index in [9.17, 15) is 0 Å². The third kappa shape index (κ3) is 1.73. The quantitative estimate of drug-likeness (QED) is 0.815. The number of aryl methyl sites for hydroxylation is 2. The molecule has 0 aliphatic heterocycles. The van der Waals surface area contributed by atoms with Crippen molar-refractivity contribution in [1.29, 1.82) is 0 Å². The summed E-state index contributed by atoms with van der Waals surface area (Å²) in [4.78, 5) is 0. The summed E-state index contributed by atoms with van der Waals surface area (Å²) >= 11 is 3.53. The zero-order valence-electron chi connectivity index (χ0n) is 9.58. The number of halogens is 1. The van der Waals surface area contributed by atoms with Crippen LogP contribution in [-0.2, 0) is 0 Å². The van der Waals surface area contributed by atoms with Crippen LogP contribution in [0, 0.1) is 20.8 Å². The average molecular weight is 280 g/mol. The molecule has 84 valence electrons. The van der Waals surface area contributed by atoms with Crippen molar-refractivity contribution in [3.63, 3.8) is 0 Å². The molecule has 0 unspecified atom stereocenters. The Morgan fingerprint density at radius 1 is 1.25 bits per heavy atom. The summed E-state index contributed by atoms with van der Waals surface area (Å²) < 4.78 is 3.00. The zero-order chi connectivity index (χ0) is 11.9. The van der Waals surface area contributed by atoms with E-state index in [4.69, 9.17) is 5.73 Å². The predicted molar refractivity (Wildman–Crippen MR) is 69.9 cm³/mol. The molecule has 2 aromatic rings. The van der Waals surface area contributed by atoms with E-state index < -0.39 is 0 Å². The second kappa shape index (κ2) is 3.94. The van der Waals surface area contributed by atoms with Gasteiger partial charge in [-0.3, -0.25) is 0 Å². The highest BCUT2D eigenvalue weighted by Gasteiger charge is 2.11. The van der Waals surface area contributed by atoms with Crippen LogP contribution in [-0.4, -0.2) is 9.78 Å². The van der Waals surface area contributed by atoms with Crippen LogP contribution in [0.2, 0.25) is 0 Å². The molecule has 1 aromatic heterocycles. The molecule has 0 bridgehead atoms. The summed E-state index contributed by atoms with van der Waals surface area (Å²) in [6, 6.07) is 5.85. The summed E-state index contributed by atoms with van der Waals surface area (Å²) in [7, 11) is 0. The minimum Gasteiger partial charge on any atom is -0.399 e. The fraction of sp³-hybridized carbons (Fsp3) is 0.250. The zero-order valence-corrected chi connectivity index (χ0v) is 11.2. The Bertz CT molecular complexity index is 543. The number of nitrogen functional groups attached to an aromatic ring is 1. The van der Waals surface area contributed by atoms with Crippen LogP contribution in [0.4, 0.5) is 5.69 Å². The fourth-order valence-electron chi connectivity index (χ4n) is 1.77. The number of aromatic nitrogens is 2. The van der Waals surface area contributed by atoms with E-state index in [0.29, 0.717) is 0 Å². The van der Waals surface area contributed by atoms with E-state index in [1.165, 1.54) is 0 Å². The summed E-state index contributed by atoms with van der Waals surface area (Å²) in [5, 5.41) is 4.50. The maximum Gasteiger partial charge on any atom is 0.0743 e. The molecule has 0 fully saturated rings. The van der Waals surface area contributed by atoms with E-state index >= 15 is 0 Å². The minimum atomic E-state index is 0.779. The number of hydrogen-bond donors (Lipinski definition) is 1. The summed E-state index contributed by atoms with van der Waals surface area (Å²) in [6.45, 7) is 6.07. The molecule has 0 spiro atoms. The van der Waals surface area contributed by atoms with Crippen molar-refractivity contribution < 1.29 is 0 Å². The van der Waals surface area contributed by atoms with Crippen LogP contribution < -0.4 is 5.73 Å². The number of nitrogens with two attached hydrogens (primary N) is 1. The number of benzene rings is 1. The molecule has 0 amide bonds. The third-order valence-electron chi connectivity index (χ3n) is 2.65. The Morgan fingerprint density at radius 3 is 2.44 bits per heavy atom. The number of hydrogen-bond acceptors (Lipinski definition) is 2. The first-order valence-corrected chi connectivity index (χ1v) is 5.88. The van der Waals surface area contributed by atoms with Gasteiger partial charge in [0.2, 0.25) is 0 Å². The van der Waals surface area contributed by atoms with Gasteiger partial charge in [-0.2, -0.15) is 5.10 Å². The number of anilines is 1. The second-order valence-electron chi connectivity index (χ2n) is 3.94. The minimum absolute atomic E-state index is 0.779. The Kier molecular flexibility index (Phi) is 2.76. The largest absolute Gasteiger partial charge is 0.399 e. The van der Waals surface area contributed by atoms with Crippen LogP contribution in [0.3, 0.4) is 0 Å². The van der Waals surface area contributed by atoms with Gasteiger partial charge < -0.3 is 5.73 Å². The summed E-state index contributed by atoms with van der Waals surface area (Å²) in [6.07, 6.45) is 0. The predicted octanol–water partition coefficient (Wildman–Crippen LogP) is 3.14. The smallest absolute Gasteiger partial charge is 0.0743 e. The van der Waals surface area contributed by atoms with Gasteiger partial charge in [0, 0.05) is 5.69 Å². The molecule has 0 atom stereocenters. The lowest BCUT2D eigenvalue weighted by Gasteiger charge is -2.08. The molecule has 2 rings (SSSR count).